The quantitative estimate of drug-likeness (QED) is 0.832. The van der Waals surface area contributed by atoms with E-state index in [-0.39, 0.29) is 11.9 Å². The summed E-state index contributed by atoms with van der Waals surface area (Å²) in [5.41, 5.74) is 2.01. The Labute approximate surface area is 96.3 Å². The minimum Gasteiger partial charge on any atom is -0.392 e. The lowest BCUT2D eigenvalue weighted by Crippen LogP contribution is -2.20. The van der Waals surface area contributed by atoms with Crippen LogP contribution in [0.1, 0.15) is 36.8 Å². The van der Waals surface area contributed by atoms with Crippen molar-refractivity contribution < 1.29 is 9.50 Å². The topological polar surface area (TPSA) is 20.2 Å². The average molecular weight is 222 g/mol. The molecule has 0 spiro atoms. The monoisotopic (exact) mass is 222 g/mol. The molecule has 1 aliphatic rings. The maximum atomic E-state index is 13.1. The molecule has 0 bridgehead atoms. The van der Waals surface area contributed by atoms with Crippen LogP contribution in [-0.4, -0.2) is 11.2 Å². The van der Waals surface area contributed by atoms with Crippen molar-refractivity contribution in [2.24, 2.45) is 5.92 Å². The summed E-state index contributed by atoms with van der Waals surface area (Å²) in [7, 11) is 0. The smallest absolute Gasteiger partial charge is 0.123 e. The molecule has 1 unspecified atom stereocenters. The number of hydrogen-bond acceptors (Lipinski definition) is 1. The van der Waals surface area contributed by atoms with Gasteiger partial charge in [-0.05, 0) is 55.4 Å². The molecular weight excluding hydrogens is 203 g/mol. The summed E-state index contributed by atoms with van der Waals surface area (Å²) in [4.78, 5) is 0. The molecular formula is C14H19FO. The molecule has 2 rings (SSSR count). The van der Waals surface area contributed by atoms with Gasteiger partial charge < -0.3 is 5.11 Å². The summed E-state index contributed by atoms with van der Waals surface area (Å²) in [6.45, 7) is 1.97. The first kappa shape index (κ1) is 11.6. The van der Waals surface area contributed by atoms with E-state index in [1.165, 1.54) is 18.9 Å². The molecule has 0 radical (unpaired) electrons. The minimum atomic E-state index is -0.303. The van der Waals surface area contributed by atoms with Crippen LogP contribution >= 0.6 is 0 Å². The van der Waals surface area contributed by atoms with Crippen LogP contribution in [0.4, 0.5) is 4.39 Å². The maximum absolute atomic E-state index is 13.1. The number of aliphatic hydroxyl groups excluding tert-OH is 1. The second-order valence-corrected chi connectivity index (χ2v) is 4.89. The Morgan fingerprint density at radius 3 is 2.75 bits per heavy atom. The van der Waals surface area contributed by atoms with Gasteiger partial charge in [-0.25, -0.2) is 4.39 Å². The van der Waals surface area contributed by atoms with E-state index in [1.807, 2.05) is 6.92 Å². The van der Waals surface area contributed by atoms with Crippen molar-refractivity contribution in [1.82, 2.24) is 0 Å². The molecule has 88 valence electrons. The number of aliphatic hydroxyl groups is 1. The number of hydrogen-bond donors (Lipinski definition) is 1. The lowest BCUT2D eigenvalue weighted by molar-refractivity contribution is 0.111. The van der Waals surface area contributed by atoms with E-state index in [4.69, 9.17) is 0 Å². The summed E-state index contributed by atoms with van der Waals surface area (Å²) in [6.07, 6.45) is 4.98. The highest BCUT2D eigenvalue weighted by atomic mass is 19.1. The molecule has 0 aliphatic heterocycles. The predicted octanol–water partition coefficient (Wildman–Crippen LogP) is 3.23. The van der Waals surface area contributed by atoms with E-state index in [2.05, 4.69) is 0 Å². The van der Waals surface area contributed by atoms with Gasteiger partial charge in [0.05, 0.1) is 6.10 Å². The van der Waals surface area contributed by atoms with Crippen LogP contribution in [0.15, 0.2) is 18.2 Å². The van der Waals surface area contributed by atoms with E-state index in [1.54, 1.807) is 12.1 Å². The second-order valence-electron chi connectivity index (χ2n) is 4.89. The third kappa shape index (κ3) is 2.62. The Bertz CT molecular complexity index is 356. The molecule has 1 aromatic carbocycles. The van der Waals surface area contributed by atoms with Crippen molar-refractivity contribution >= 4 is 0 Å². The van der Waals surface area contributed by atoms with Gasteiger partial charge in [-0.2, -0.15) is 0 Å². The molecule has 1 fully saturated rings. The highest BCUT2D eigenvalue weighted by molar-refractivity contribution is 5.27. The first-order chi connectivity index (χ1) is 7.66. The molecule has 1 atom stereocenters. The van der Waals surface area contributed by atoms with Crippen LogP contribution in [0.25, 0.3) is 0 Å². The van der Waals surface area contributed by atoms with Crippen LogP contribution in [-0.2, 0) is 6.42 Å². The van der Waals surface area contributed by atoms with Gasteiger partial charge in [0.2, 0.25) is 0 Å². The molecule has 1 nitrogen and oxygen atoms in total. The highest BCUT2D eigenvalue weighted by Crippen LogP contribution is 2.29. The first-order valence-corrected chi connectivity index (χ1v) is 6.10. The molecule has 1 aromatic rings. The zero-order valence-electron chi connectivity index (χ0n) is 9.75. The fraction of sp³-hybridized carbons (Fsp3) is 0.571. The van der Waals surface area contributed by atoms with E-state index in [0.29, 0.717) is 12.3 Å². The standard InChI is InChI=1S/C14H19FO/c1-10-6-7-13(15)8-12(10)9-14(16)11-4-2-3-5-11/h6-8,11,14,16H,2-5,9H2,1H3. The fourth-order valence-corrected chi connectivity index (χ4v) is 2.59. The molecule has 2 heteroatoms. The van der Waals surface area contributed by atoms with E-state index < -0.39 is 0 Å². The maximum Gasteiger partial charge on any atom is 0.123 e. The number of halogens is 1. The van der Waals surface area contributed by atoms with Crippen molar-refractivity contribution in [2.45, 2.75) is 45.1 Å². The van der Waals surface area contributed by atoms with Crippen LogP contribution in [0.3, 0.4) is 0 Å². The van der Waals surface area contributed by atoms with Gasteiger partial charge in [0.1, 0.15) is 5.82 Å². The average Bonchev–Trinajstić information content (AvgIpc) is 2.76. The molecule has 0 heterocycles. The number of aryl methyl sites for hydroxylation is 1. The van der Waals surface area contributed by atoms with Gasteiger partial charge in [0.15, 0.2) is 0 Å². The van der Waals surface area contributed by atoms with Gasteiger partial charge in [0.25, 0.3) is 0 Å². The molecule has 1 aliphatic carbocycles. The Kier molecular flexibility index (Phi) is 3.59. The van der Waals surface area contributed by atoms with Crippen LogP contribution in [0.2, 0.25) is 0 Å². The number of benzene rings is 1. The van der Waals surface area contributed by atoms with E-state index >= 15 is 0 Å². The van der Waals surface area contributed by atoms with Crippen molar-refractivity contribution in [1.29, 1.82) is 0 Å². The largest absolute Gasteiger partial charge is 0.392 e. The van der Waals surface area contributed by atoms with Crippen molar-refractivity contribution in [3.05, 3.63) is 35.1 Å². The van der Waals surface area contributed by atoms with Crippen molar-refractivity contribution in [3.63, 3.8) is 0 Å². The third-order valence-electron chi connectivity index (χ3n) is 3.68. The van der Waals surface area contributed by atoms with E-state index in [0.717, 1.165) is 24.0 Å². The first-order valence-electron chi connectivity index (χ1n) is 6.10. The lowest BCUT2D eigenvalue weighted by Gasteiger charge is -2.18. The Balaban J connectivity index is 2.04. The molecule has 1 N–H and O–H groups in total. The molecule has 16 heavy (non-hydrogen) atoms. The van der Waals surface area contributed by atoms with Crippen molar-refractivity contribution in [3.8, 4) is 0 Å². The summed E-state index contributed by atoms with van der Waals surface area (Å²) in [5, 5.41) is 10.1. The molecule has 1 saturated carbocycles. The normalized spacial score (nSPS) is 18.9. The van der Waals surface area contributed by atoms with Crippen molar-refractivity contribution in [2.75, 3.05) is 0 Å². The zero-order chi connectivity index (χ0) is 11.5. The Hall–Kier alpha value is -0.890. The molecule has 0 amide bonds. The third-order valence-corrected chi connectivity index (χ3v) is 3.68. The van der Waals surface area contributed by atoms with Gasteiger partial charge in [-0.3, -0.25) is 0 Å². The SMILES string of the molecule is Cc1ccc(F)cc1CC(O)C1CCCC1. The number of rotatable bonds is 3. The summed E-state index contributed by atoms with van der Waals surface area (Å²) in [5.74, 6) is 0.210. The van der Waals surface area contributed by atoms with Crippen LogP contribution in [0, 0.1) is 18.7 Å². The van der Waals surface area contributed by atoms with Gasteiger partial charge >= 0.3 is 0 Å². The minimum absolute atomic E-state index is 0.209. The molecule has 0 aromatic heterocycles. The summed E-state index contributed by atoms with van der Waals surface area (Å²) >= 11 is 0. The van der Waals surface area contributed by atoms with Gasteiger partial charge in [-0.15, -0.1) is 0 Å². The van der Waals surface area contributed by atoms with E-state index in [9.17, 15) is 9.50 Å². The predicted molar refractivity (Wildman–Crippen MR) is 62.8 cm³/mol. The van der Waals surface area contributed by atoms with Gasteiger partial charge in [0, 0.05) is 0 Å². The Morgan fingerprint density at radius 1 is 1.38 bits per heavy atom. The summed E-state index contributed by atoms with van der Waals surface area (Å²) in [6, 6.07) is 4.81. The van der Waals surface area contributed by atoms with Crippen LogP contribution < -0.4 is 0 Å². The zero-order valence-corrected chi connectivity index (χ0v) is 9.75. The fourth-order valence-electron chi connectivity index (χ4n) is 2.59. The van der Waals surface area contributed by atoms with Gasteiger partial charge in [-0.1, -0.05) is 18.9 Å². The second kappa shape index (κ2) is 4.96. The lowest BCUT2D eigenvalue weighted by atomic mass is 9.93. The molecule has 0 saturated heterocycles. The summed E-state index contributed by atoms with van der Waals surface area (Å²) < 4.78 is 13.1. The Morgan fingerprint density at radius 2 is 2.06 bits per heavy atom. The highest BCUT2D eigenvalue weighted by Gasteiger charge is 2.23. The van der Waals surface area contributed by atoms with Crippen LogP contribution in [0.5, 0.6) is 0 Å².